The molecule has 200 valence electrons. The summed E-state index contributed by atoms with van der Waals surface area (Å²) in [5.41, 5.74) is 2.19. The zero-order chi connectivity index (χ0) is 27.1. The highest BCUT2D eigenvalue weighted by Crippen LogP contribution is 2.40. The average Bonchev–Trinajstić information content (AvgIpc) is 3.32. The van der Waals surface area contributed by atoms with E-state index in [1.807, 2.05) is 26.0 Å². The molecule has 0 radical (unpaired) electrons. The lowest BCUT2D eigenvalue weighted by Crippen LogP contribution is -2.29. The summed E-state index contributed by atoms with van der Waals surface area (Å²) in [6.07, 6.45) is 2.50. The number of anilines is 1. The normalized spacial score (nSPS) is 14.5. The first-order chi connectivity index (χ1) is 18.5. The molecule has 2 heterocycles. The Bertz CT molecular complexity index is 1340. The molecular weight excluding hydrogens is 507 g/mol. The predicted octanol–water partition coefficient (Wildman–Crippen LogP) is 5.92. The summed E-state index contributed by atoms with van der Waals surface area (Å²) in [5.74, 6) is 1.51. The second kappa shape index (κ2) is 12.6. The summed E-state index contributed by atoms with van der Waals surface area (Å²) in [6.45, 7) is 9.92. The van der Waals surface area contributed by atoms with Crippen LogP contribution >= 0.6 is 11.8 Å². The van der Waals surface area contributed by atoms with Crippen LogP contribution in [0.5, 0.6) is 11.5 Å². The van der Waals surface area contributed by atoms with Crippen LogP contribution in [-0.4, -0.2) is 39.7 Å². The highest BCUT2D eigenvalue weighted by atomic mass is 32.2. The third-order valence-corrected chi connectivity index (χ3v) is 6.79. The molecule has 3 aromatic rings. The smallest absolute Gasteiger partial charge is 0.338 e. The number of benzene rings is 2. The van der Waals surface area contributed by atoms with E-state index in [9.17, 15) is 9.18 Å². The van der Waals surface area contributed by atoms with E-state index in [0.717, 1.165) is 17.7 Å². The fourth-order valence-electron chi connectivity index (χ4n) is 4.02. The summed E-state index contributed by atoms with van der Waals surface area (Å²) in [5, 5.41) is 8.52. The number of halogens is 1. The zero-order valence-corrected chi connectivity index (χ0v) is 22.5. The monoisotopic (exact) mass is 538 g/mol. The lowest BCUT2D eigenvalue weighted by atomic mass is 9.95. The molecule has 0 aliphatic carbocycles. The fourth-order valence-corrected chi connectivity index (χ4v) is 4.71. The molecule has 4 rings (SSSR count). The Morgan fingerprint density at radius 2 is 2.03 bits per heavy atom. The van der Waals surface area contributed by atoms with Crippen LogP contribution in [0.1, 0.15) is 44.4 Å². The van der Waals surface area contributed by atoms with Crippen LogP contribution in [0.25, 0.3) is 0 Å². The zero-order valence-electron chi connectivity index (χ0n) is 21.7. The van der Waals surface area contributed by atoms with Crippen LogP contribution < -0.4 is 14.8 Å². The SMILES string of the molecule is C=CCOC(=O)C1=C(C)Nc2nc(SCCC)nn2C1c1ccc(OCc2ccccc2F)c(OCC)c1. The highest BCUT2D eigenvalue weighted by molar-refractivity contribution is 7.99. The molecule has 0 bridgehead atoms. The summed E-state index contributed by atoms with van der Waals surface area (Å²) in [4.78, 5) is 17.8. The molecule has 8 nitrogen and oxygen atoms in total. The van der Waals surface area contributed by atoms with Crippen LogP contribution in [0.4, 0.5) is 10.3 Å². The van der Waals surface area contributed by atoms with Crippen molar-refractivity contribution in [3.8, 4) is 11.5 Å². The van der Waals surface area contributed by atoms with Gasteiger partial charge in [0.15, 0.2) is 11.5 Å². The molecule has 0 saturated carbocycles. The summed E-state index contributed by atoms with van der Waals surface area (Å²) in [6, 6.07) is 11.3. The van der Waals surface area contributed by atoms with E-state index < -0.39 is 12.0 Å². The number of carbonyl (C=O) groups is 1. The number of thioether (sulfide) groups is 1. The molecule has 0 fully saturated rings. The van der Waals surface area contributed by atoms with Crippen molar-refractivity contribution in [2.24, 2.45) is 0 Å². The van der Waals surface area contributed by atoms with Crippen molar-refractivity contribution < 1.29 is 23.4 Å². The number of rotatable bonds is 12. The average molecular weight is 539 g/mol. The van der Waals surface area contributed by atoms with Gasteiger partial charge in [-0.3, -0.25) is 0 Å². The van der Waals surface area contributed by atoms with E-state index in [1.54, 1.807) is 40.7 Å². The summed E-state index contributed by atoms with van der Waals surface area (Å²) in [7, 11) is 0. The van der Waals surface area contributed by atoms with Gasteiger partial charge in [-0.15, -0.1) is 5.10 Å². The van der Waals surface area contributed by atoms with Crippen molar-refractivity contribution in [1.82, 2.24) is 14.8 Å². The summed E-state index contributed by atoms with van der Waals surface area (Å²) < 4.78 is 33.1. The number of carbonyl (C=O) groups excluding carboxylic acids is 1. The number of aromatic nitrogens is 3. The number of ether oxygens (including phenoxy) is 3. The summed E-state index contributed by atoms with van der Waals surface area (Å²) >= 11 is 1.55. The molecule has 0 spiro atoms. The molecule has 1 N–H and O–H groups in total. The number of hydrogen-bond acceptors (Lipinski definition) is 8. The molecule has 1 aliphatic heterocycles. The first-order valence-electron chi connectivity index (χ1n) is 12.4. The van der Waals surface area contributed by atoms with Gasteiger partial charge in [0.05, 0.1) is 12.2 Å². The molecule has 1 aromatic heterocycles. The van der Waals surface area contributed by atoms with E-state index in [-0.39, 0.29) is 19.0 Å². The predicted molar refractivity (Wildman–Crippen MR) is 145 cm³/mol. The van der Waals surface area contributed by atoms with Crippen molar-refractivity contribution in [2.75, 3.05) is 24.3 Å². The quantitative estimate of drug-likeness (QED) is 0.173. The number of hydrogen-bond donors (Lipinski definition) is 1. The maximum atomic E-state index is 14.1. The first kappa shape index (κ1) is 27.3. The van der Waals surface area contributed by atoms with Crippen molar-refractivity contribution in [2.45, 2.75) is 45.0 Å². The van der Waals surface area contributed by atoms with Crippen LogP contribution in [-0.2, 0) is 16.1 Å². The minimum absolute atomic E-state index is 0.0445. The van der Waals surface area contributed by atoms with Crippen molar-refractivity contribution in [3.05, 3.63) is 83.3 Å². The topological polar surface area (TPSA) is 87.5 Å². The van der Waals surface area contributed by atoms with Gasteiger partial charge in [0.25, 0.3) is 0 Å². The highest BCUT2D eigenvalue weighted by Gasteiger charge is 2.35. The van der Waals surface area contributed by atoms with Gasteiger partial charge < -0.3 is 19.5 Å². The van der Waals surface area contributed by atoms with Gasteiger partial charge in [-0.1, -0.05) is 55.6 Å². The maximum Gasteiger partial charge on any atom is 0.338 e. The van der Waals surface area contributed by atoms with E-state index >= 15 is 0 Å². The van der Waals surface area contributed by atoms with Gasteiger partial charge in [-0.2, -0.15) is 4.98 Å². The van der Waals surface area contributed by atoms with E-state index in [0.29, 0.717) is 46.0 Å². The number of nitrogens with zero attached hydrogens (tertiary/aromatic N) is 3. The van der Waals surface area contributed by atoms with Crippen LogP contribution in [0, 0.1) is 5.82 Å². The van der Waals surface area contributed by atoms with Crippen molar-refractivity contribution in [3.63, 3.8) is 0 Å². The lowest BCUT2D eigenvalue weighted by molar-refractivity contribution is -0.138. The van der Waals surface area contributed by atoms with E-state index in [4.69, 9.17) is 19.3 Å². The number of esters is 1. The third-order valence-electron chi connectivity index (χ3n) is 5.74. The first-order valence-corrected chi connectivity index (χ1v) is 13.4. The molecular formula is C28H31FN4O4S. The largest absolute Gasteiger partial charge is 0.490 e. The Hall–Kier alpha value is -3.79. The van der Waals surface area contributed by atoms with Gasteiger partial charge in [-0.25, -0.2) is 13.9 Å². The molecule has 2 aromatic carbocycles. The Balaban J connectivity index is 1.73. The Morgan fingerprint density at radius 1 is 1.21 bits per heavy atom. The molecule has 1 unspecified atom stereocenters. The number of fused-ring (bicyclic) bond motifs is 1. The maximum absolute atomic E-state index is 14.1. The van der Waals surface area contributed by atoms with Gasteiger partial charge in [0.2, 0.25) is 11.1 Å². The van der Waals surface area contributed by atoms with Gasteiger partial charge in [-0.05, 0) is 44.0 Å². The van der Waals surface area contributed by atoms with E-state index in [2.05, 4.69) is 23.8 Å². The second-order valence-corrected chi connectivity index (χ2v) is 9.55. The minimum Gasteiger partial charge on any atom is -0.490 e. The molecule has 1 aliphatic rings. The molecule has 38 heavy (non-hydrogen) atoms. The molecule has 0 saturated heterocycles. The van der Waals surface area contributed by atoms with Gasteiger partial charge in [0.1, 0.15) is 25.1 Å². The molecule has 10 heteroatoms. The fraction of sp³-hybridized carbons (Fsp3) is 0.321. The standard InChI is InChI=1S/C28H31FN4O4S/c1-5-14-36-26(34)24-18(4)30-27-31-28(38-15-6-2)32-33(27)25(24)19-12-13-22(23(16-19)35-7-3)37-17-20-10-8-9-11-21(20)29/h5,8-13,16,25H,1,6-7,14-15,17H2,2-4H3,(H,30,31,32). The van der Waals surface area contributed by atoms with Crippen molar-refractivity contribution >= 4 is 23.7 Å². The van der Waals surface area contributed by atoms with Crippen molar-refractivity contribution in [1.29, 1.82) is 0 Å². The van der Waals surface area contributed by atoms with Crippen LogP contribution in [0.3, 0.4) is 0 Å². The second-order valence-electron chi connectivity index (χ2n) is 8.48. The Labute approximate surface area is 225 Å². The number of nitrogens with one attached hydrogen (secondary N) is 1. The molecule has 1 atom stereocenters. The molecule has 0 amide bonds. The minimum atomic E-state index is -0.619. The lowest BCUT2D eigenvalue weighted by Gasteiger charge is -2.28. The Kier molecular flexibility index (Phi) is 9.06. The van der Waals surface area contributed by atoms with E-state index in [1.165, 1.54) is 12.1 Å². The third kappa shape index (κ3) is 6.02. The Morgan fingerprint density at radius 3 is 2.76 bits per heavy atom. The van der Waals surface area contributed by atoms with Crippen LogP contribution in [0.15, 0.2) is 71.5 Å². The number of allylic oxidation sites excluding steroid dienone is 1. The van der Waals surface area contributed by atoms with Crippen LogP contribution in [0.2, 0.25) is 0 Å². The van der Waals surface area contributed by atoms with Gasteiger partial charge >= 0.3 is 5.97 Å². The van der Waals surface area contributed by atoms with Gasteiger partial charge in [0, 0.05) is 17.0 Å².